The van der Waals surface area contributed by atoms with Crippen molar-refractivity contribution >= 4 is 24.4 Å². The van der Waals surface area contributed by atoms with Crippen LogP contribution >= 0.6 is 0 Å². The summed E-state index contributed by atoms with van der Waals surface area (Å²) in [4.78, 5) is 43.9. The first-order chi connectivity index (χ1) is 9.02. The van der Waals surface area contributed by atoms with Gasteiger partial charge >= 0.3 is 24.4 Å². The van der Waals surface area contributed by atoms with E-state index >= 15 is 0 Å². The highest BCUT2D eigenvalue weighted by molar-refractivity contribution is 6.14. The van der Waals surface area contributed by atoms with Crippen LogP contribution in [-0.2, 0) is 19.1 Å². The molecule has 0 spiro atoms. The molecule has 0 fully saturated rings. The van der Waals surface area contributed by atoms with Gasteiger partial charge in [0.2, 0.25) is 0 Å². The molecule has 0 aromatic heterocycles. The molecule has 1 aromatic carbocycles. The smallest absolute Gasteiger partial charge is 0.346 e. The molecule has 0 amide bonds. The van der Waals surface area contributed by atoms with Crippen molar-refractivity contribution in [2.45, 2.75) is 19.3 Å². The summed E-state index contributed by atoms with van der Waals surface area (Å²) in [6.45, 7) is 1.82. The Morgan fingerprint density at radius 2 is 2.00 bits per heavy atom. The Hall–Kier alpha value is -2.50. The molecule has 98 valence electrons. The van der Waals surface area contributed by atoms with Crippen molar-refractivity contribution in [2.24, 2.45) is 0 Å². The highest BCUT2D eigenvalue weighted by atomic mass is 16.6. The van der Waals surface area contributed by atoms with Crippen LogP contribution in [0.4, 0.5) is 0 Å². The second-order valence-electron chi connectivity index (χ2n) is 4.17. The molecule has 2 rings (SSSR count). The number of rotatable bonds is 4. The largest absolute Gasteiger partial charge is 0.395 e. The Kier molecular flexibility index (Phi) is 3.41. The quantitative estimate of drug-likeness (QED) is 0.460. The Balaban J connectivity index is 2.21. The predicted octanol–water partition coefficient (Wildman–Crippen LogP) is 1.19. The maximum absolute atomic E-state index is 11.4. The molecule has 0 bridgehead atoms. The van der Waals surface area contributed by atoms with Gasteiger partial charge in [-0.25, -0.2) is 9.59 Å². The summed E-state index contributed by atoms with van der Waals surface area (Å²) in [5.41, 5.74) is 1.10. The Bertz CT molecular complexity index is 574. The van der Waals surface area contributed by atoms with Gasteiger partial charge in [-0.15, -0.1) is 0 Å². The lowest BCUT2D eigenvalue weighted by atomic mass is 9.94. The van der Waals surface area contributed by atoms with E-state index in [0.29, 0.717) is 5.56 Å². The minimum absolute atomic E-state index is 0.000517. The van der Waals surface area contributed by atoms with E-state index in [1.807, 2.05) is 0 Å². The monoisotopic (exact) mass is 262 g/mol. The summed E-state index contributed by atoms with van der Waals surface area (Å²) in [6, 6.07) is 4.64. The van der Waals surface area contributed by atoms with Crippen LogP contribution in [0, 0.1) is 0 Å². The Morgan fingerprint density at radius 3 is 2.68 bits per heavy atom. The number of carbonyl (C=O) groups is 4. The zero-order valence-corrected chi connectivity index (χ0v) is 10.0. The van der Waals surface area contributed by atoms with E-state index in [1.165, 1.54) is 12.1 Å². The number of benzene rings is 1. The molecule has 1 aromatic rings. The second-order valence-corrected chi connectivity index (χ2v) is 4.17. The van der Waals surface area contributed by atoms with E-state index in [0.717, 1.165) is 0 Å². The first-order valence-electron chi connectivity index (χ1n) is 5.56. The highest BCUT2D eigenvalue weighted by Gasteiger charge is 2.30. The molecule has 0 saturated carbocycles. The molecule has 6 nitrogen and oxygen atoms in total. The SMILES string of the molecule is CC(CC(=O)OC=O)c1ccc2c(c1)C(=O)OC2=O. The van der Waals surface area contributed by atoms with Crippen molar-refractivity contribution < 1.29 is 28.7 Å². The van der Waals surface area contributed by atoms with Gasteiger partial charge in [0, 0.05) is 0 Å². The highest BCUT2D eigenvalue weighted by Crippen LogP contribution is 2.26. The molecule has 1 unspecified atom stereocenters. The lowest BCUT2D eigenvalue weighted by Crippen LogP contribution is -2.08. The predicted molar refractivity (Wildman–Crippen MR) is 61.4 cm³/mol. The lowest BCUT2D eigenvalue weighted by molar-refractivity contribution is -0.151. The first kappa shape index (κ1) is 12.9. The van der Waals surface area contributed by atoms with Crippen molar-refractivity contribution in [2.75, 3.05) is 0 Å². The minimum Gasteiger partial charge on any atom is -0.395 e. The van der Waals surface area contributed by atoms with E-state index in [1.54, 1.807) is 13.0 Å². The Morgan fingerprint density at radius 1 is 1.32 bits per heavy atom. The van der Waals surface area contributed by atoms with E-state index in [9.17, 15) is 19.2 Å². The van der Waals surface area contributed by atoms with Crippen LogP contribution in [0.15, 0.2) is 18.2 Å². The van der Waals surface area contributed by atoms with E-state index in [4.69, 9.17) is 0 Å². The van der Waals surface area contributed by atoms with Crippen LogP contribution in [-0.4, -0.2) is 24.4 Å². The summed E-state index contributed by atoms with van der Waals surface area (Å²) in [5, 5.41) is 0. The minimum atomic E-state index is -0.690. The number of hydrogen-bond donors (Lipinski definition) is 0. The molecule has 6 heteroatoms. The van der Waals surface area contributed by atoms with Gasteiger partial charge in [-0.05, 0) is 23.6 Å². The first-order valence-corrected chi connectivity index (χ1v) is 5.56. The molecule has 1 aliphatic heterocycles. The van der Waals surface area contributed by atoms with Gasteiger partial charge < -0.3 is 9.47 Å². The number of hydrogen-bond acceptors (Lipinski definition) is 6. The van der Waals surface area contributed by atoms with E-state index < -0.39 is 17.9 Å². The third-order valence-corrected chi connectivity index (χ3v) is 2.89. The third kappa shape index (κ3) is 2.52. The molecule has 0 radical (unpaired) electrons. The topological polar surface area (TPSA) is 86.7 Å². The molecule has 0 aliphatic carbocycles. The third-order valence-electron chi connectivity index (χ3n) is 2.89. The Labute approximate surface area is 108 Å². The normalized spacial score (nSPS) is 14.6. The van der Waals surface area contributed by atoms with Gasteiger partial charge in [0.05, 0.1) is 17.5 Å². The van der Waals surface area contributed by atoms with Crippen LogP contribution in [0.2, 0.25) is 0 Å². The molecule has 1 atom stereocenters. The van der Waals surface area contributed by atoms with Crippen LogP contribution in [0.3, 0.4) is 0 Å². The van der Waals surface area contributed by atoms with Gasteiger partial charge in [-0.2, -0.15) is 0 Å². The average molecular weight is 262 g/mol. The fourth-order valence-corrected chi connectivity index (χ4v) is 1.88. The van der Waals surface area contributed by atoms with Crippen LogP contribution in [0.5, 0.6) is 0 Å². The number of esters is 3. The van der Waals surface area contributed by atoms with E-state index in [-0.39, 0.29) is 29.9 Å². The van der Waals surface area contributed by atoms with Crippen molar-refractivity contribution in [3.8, 4) is 0 Å². The van der Waals surface area contributed by atoms with Crippen LogP contribution < -0.4 is 0 Å². The number of ether oxygens (including phenoxy) is 2. The number of carbonyl (C=O) groups excluding carboxylic acids is 4. The van der Waals surface area contributed by atoms with Crippen molar-refractivity contribution in [1.82, 2.24) is 0 Å². The van der Waals surface area contributed by atoms with E-state index in [2.05, 4.69) is 9.47 Å². The number of fused-ring (bicyclic) bond motifs is 1. The van der Waals surface area contributed by atoms with Crippen LogP contribution in [0.1, 0.15) is 45.5 Å². The maximum atomic E-state index is 11.4. The standard InChI is InChI=1S/C13H10O6/c1-7(4-11(15)18-6-14)8-2-3-9-10(5-8)13(17)19-12(9)16/h2-3,5-7H,4H2,1H3. The molecule has 0 N–H and O–H groups in total. The van der Waals surface area contributed by atoms with Crippen molar-refractivity contribution in [3.63, 3.8) is 0 Å². The number of cyclic esters (lactones) is 2. The summed E-state index contributed by atoms with van der Waals surface area (Å²) < 4.78 is 8.67. The van der Waals surface area contributed by atoms with Gasteiger partial charge in [-0.1, -0.05) is 13.0 Å². The zero-order valence-electron chi connectivity index (χ0n) is 10.0. The molecule has 1 aliphatic rings. The van der Waals surface area contributed by atoms with Crippen molar-refractivity contribution in [3.05, 3.63) is 34.9 Å². The summed E-state index contributed by atoms with van der Waals surface area (Å²) in [5.74, 6) is -2.26. The maximum Gasteiger partial charge on any atom is 0.346 e. The molecular weight excluding hydrogens is 252 g/mol. The van der Waals surface area contributed by atoms with Gasteiger partial charge in [0.1, 0.15) is 0 Å². The van der Waals surface area contributed by atoms with Crippen LogP contribution in [0.25, 0.3) is 0 Å². The lowest BCUT2D eigenvalue weighted by Gasteiger charge is -2.10. The fourth-order valence-electron chi connectivity index (χ4n) is 1.88. The zero-order chi connectivity index (χ0) is 14.0. The molecule has 0 saturated heterocycles. The van der Waals surface area contributed by atoms with Gasteiger partial charge in [-0.3, -0.25) is 9.59 Å². The van der Waals surface area contributed by atoms with Gasteiger partial charge in [0.15, 0.2) is 0 Å². The summed E-state index contributed by atoms with van der Waals surface area (Å²) in [6.07, 6.45) is 0.000517. The second kappa shape index (κ2) is 5.01. The molecule has 1 heterocycles. The molecular formula is C13H10O6. The van der Waals surface area contributed by atoms with Crippen molar-refractivity contribution in [1.29, 1.82) is 0 Å². The van der Waals surface area contributed by atoms with Gasteiger partial charge in [0.25, 0.3) is 0 Å². The summed E-state index contributed by atoms with van der Waals surface area (Å²) >= 11 is 0. The molecule has 19 heavy (non-hydrogen) atoms. The summed E-state index contributed by atoms with van der Waals surface area (Å²) in [7, 11) is 0. The average Bonchev–Trinajstić information content (AvgIpc) is 2.65. The fraction of sp³-hybridized carbons (Fsp3) is 0.231.